The van der Waals surface area contributed by atoms with E-state index in [-0.39, 0.29) is 31.0 Å². The summed E-state index contributed by atoms with van der Waals surface area (Å²) in [4.78, 5) is 0. The summed E-state index contributed by atoms with van der Waals surface area (Å²) in [6.45, 7) is 0. The van der Waals surface area contributed by atoms with Gasteiger partial charge >= 0.3 is 72.7 Å². The van der Waals surface area contributed by atoms with Gasteiger partial charge in [0.2, 0.25) is 0 Å². The van der Waals surface area contributed by atoms with Gasteiger partial charge in [-0.2, -0.15) is 39.2 Å². The first-order chi connectivity index (χ1) is 8.85. The van der Waals surface area contributed by atoms with Crippen molar-refractivity contribution in [3.05, 3.63) is 0 Å². The first-order valence-corrected chi connectivity index (χ1v) is 6.79. The number of hydrogen-bond acceptors (Lipinski definition) is 4. The summed E-state index contributed by atoms with van der Waals surface area (Å²) in [6.07, 6.45) is -5.45. The molecule has 0 radical (unpaired) electrons. The van der Waals surface area contributed by atoms with E-state index in [1.54, 1.807) is 0 Å². The quantitative estimate of drug-likeness (QED) is 0.333. The molecule has 0 N–H and O–H groups in total. The van der Waals surface area contributed by atoms with Gasteiger partial charge in [-0.1, -0.05) is 0 Å². The van der Waals surface area contributed by atoms with Crippen LogP contribution < -0.4 is 29.6 Å². The maximum atomic E-state index is 12.7. The first kappa shape index (κ1) is 24.4. The molecule has 0 aromatic carbocycles. The van der Waals surface area contributed by atoms with Gasteiger partial charge in [0.15, 0.2) is 0 Å². The zero-order valence-electron chi connectivity index (χ0n) is 10.8. The molecule has 0 heterocycles. The molecule has 0 aromatic heterocycles. The fraction of sp³-hybridized carbons (Fsp3) is 1.00. The molecule has 0 aliphatic rings. The van der Waals surface area contributed by atoms with E-state index in [1.807, 2.05) is 0 Å². The van der Waals surface area contributed by atoms with Crippen LogP contribution >= 0.6 is 0 Å². The van der Waals surface area contributed by atoms with Crippen molar-refractivity contribution >= 4 is 20.0 Å². The molecule has 0 aliphatic heterocycles. The van der Waals surface area contributed by atoms with Crippen molar-refractivity contribution in [3.8, 4) is 0 Å². The molecule has 0 spiro atoms. The maximum Gasteiger partial charge on any atom is 1.00 e. The van der Waals surface area contributed by atoms with E-state index in [9.17, 15) is 60.8 Å². The molecule has 0 atom stereocenters. The van der Waals surface area contributed by atoms with Gasteiger partial charge in [-0.05, 0) is 0 Å². The van der Waals surface area contributed by atoms with Gasteiger partial charge in [0, 0.05) is 0 Å². The Morgan fingerprint density at radius 3 is 1.36 bits per heavy atom. The van der Waals surface area contributed by atoms with Crippen LogP contribution in [0.4, 0.5) is 44.0 Å². The van der Waals surface area contributed by atoms with Gasteiger partial charge in [-0.25, -0.2) is 17.2 Å². The Balaban J connectivity index is -0.00000200. The van der Waals surface area contributed by atoms with Crippen LogP contribution in [0.5, 0.6) is 0 Å². The Morgan fingerprint density at radius 1 is 0.818 bits per heavy atom. The second kappa shape index (κ2) is 6.58. The summed E-state index contributed by atoms with van der Waals surface area (Å²) in [5, 5.41) is -7.18. The standard InChI is InChI=1S/C4HF10NO4S2.Na.H/c5-1(6)2(7,8)3(9,10)20(16,17)15(14)21(18,19)4(11,12)13;;/h1H;;/q;+1;-1. The third-order valence-corrected chi connectivity index (χ3v) is 5.10. The van der Waals surface area contributed by atoms with Gasteiger partial charge in [0.25, 0.3) is 0 Å². The smallest absolute Gasteiger partial charge is 1.00 e. The predicted octanol–water partition coefficient (Wildman–Crippen LogP) is -1.04. The van der Waals surface area contributed by atoms with E-state index in [0.717, 1.165) is 0 Å². The maximum absolute atomic E-state index is 12.7. The summed E-state index contributed by atoms with van der Waals surface area (Å²) in [6, 6.07) is 0. The van der Waals surface area contributed by atoms with Crippen molar-refractivity contribution in [2.75, 3.05) is 0 Å². The minimum Gasteiger partial charge on any atom is -1.00 e. The van der Waals surface area contributed by atoms with Crippen LogP contribution in [0, 0.1) is 0 Å². The van der Waals surface area contributed by atoms with Crippen molar-refractivity contribution in [2.45, 2.75) is 23.1 Å². The SMILES string of the molecule is O=S(=O)(N(F)S(=O)(=O)C(F)(F)C(F)(F)C(F)F)C(F)(F)F.[H-].[Na+]. The molecule has 22 heavy (non-hydrogen) atoms. The van der Waals surface area contributed by atoms with Crippen LogP contribution in [0.25, 0.3) is 0 Å². The molecule has 0 unspecified atom stereocenters. The molecule has 0 saturated carbocycles. The van der Waals surface area contributed by atoms with E-state index >= 15 is 0 Å². The van der Waals surface area contributed by atoms with E-state index in [2.05, 4.69) is 0 Å². The minimum atomic E-state index is -7.99. The third-order valence-electron chi connectivity index (χ3n) is 1.66. The number of halogens is 10. The van der Waals surface area contributed by atoms with Gasteiger partial charge < -0.3 is 1.43 Å². The Kier molecular flexibility index (Phi) is 7.30. The van der Waals surface area contributed by atoms with Gasteiger partial charge in [0.1, 0.15) is 0 Å². The van der Waals surface area contributed by atoms with Gasteiger partial charge in [-0.3, -0.25) is 0 Å². The van der Waals surface area contributed by atoms with Gasteiger partial charge in [-0.15, -0.1) is 4.48 Å². The fourth-order valence-corrected chi connectivity index (χ4v) is 2.94. The molecule has 0 amide bonds. The van der Waals surface area contributed by atoms with Crippen molar-refractivity contribution in [3.63, 3.8) is 0 Å². The van der Waals surface area contributed by atoms with Crippen LogP contribution in [0.3, 0.4) is 0 Å². The second-order valence-corrected chi connectivity index (χ2v) is 6.80. The third kappa shape index (κ3) is 3.63. The van der Waals surface area contributed by atoms with Crippen molar-refractivity contribution in [1.29, 1.82) is 0 Å². The Hall–Kier alpha value is 0.160. The van der Waals surface area contributed by atoms with Crippen LogP contribution in [-0.4, -0.2) is 43.9 Å². The molecule has 0 fully saturated rings. The average Bonchev–Trinajstić information content (AvgIpc) is 2.25. The molecule has 0 aliphatic carbocycles. The number of rotatable bonds is 5. The second-order valence-electron chi connectivity index (χ2n) is 3.05. The summed E-state index contributed by atoms with van der Waals surface area (Å²) in [7, 11) is -15.7. The molecule has 0 rings (SSSR count). The molecule has 5 nitrogen and oxygen atoms in total. The van der Waals surface area contributed by atoms with Crippen molar-refractivity contribution in [2.24, 2.45) is 0 Å². The molecule has 0 saturated heterocycles. The van der Waals surface area contributed by atoms with Gasteiger partial charge in [0.05, 0.1) is 3.93 Å². The number of nitrogens with zero attached hydrogens (tertiary/aromatic N) is 1. The largest absolute Gasteiger partial charge is 1.00 e. The zero-order chi connectivity index (χ0) is 17.7. The van der Waals surface area contributed by atoms with E-state index in [1.165, 1.54) is 0 Å². The monoisotopic (exact) mass is 405 g/mol. The summed E-state index contributed by atoms with van der Waals surface area (Å²) >= 11 is 0. The first-order valence-electron chi connectivity index (χ1n) is 3.91. The average molecular weight is 405 g/mol. The van der Waals surface area contributed by atoms with Crippen LogP contribution in [0.15, 0.2) is 0 Å². The normalized spacial score (nSPS) is 15.1. The number of sulfonamides is 2. The predicted molar refractivity (Wildman–Crippen MR) is 43.9 cm³/mol. The fourth-order valence-electron chi connectivity index (χ4n) is 0.600. The number of hydrogen-bond donors (Lipinski definition) is 0. The van der Waals surface area contributed by atoms with Crippen molar-refractivity contribution in [1.82, 2.24) is 3.93 Å². The Morgan fingerprint density at radius 2 is 1.14 bits per heavy atom. The minimum absolute atomic E-state index is 0. The van der Waals surface area contributed by atoms with E-state index < -0.39 is 47.1 Å². The van der Waals surface area contributed by atoms with Crippen LogP contribution in [0.1, 0.15) is 1.43 Å². The summed E-state index contributed by atoms with van der Waals surface area (Å²) < 4.78 is 159. The molecule has 18 heteroatoms. The van der Waals surface area contributed by atoms with Crippen LogP contribution in [0.2, 0.25) is 0 Å². The van der Waals surface area contributed by atoms with E-state index in [4.69, 9.17) is 0 Å². The Labute approximate surface area is 139 Å². The molecule has 0 aromatic rings. The molecule has 130 valence electrons. The van der Waals surface area contributed by atoms with E-state index in [0.29, 0.717) is 0 Å². The summed E-state index contributed by atoms with van der Waals surface area (Å²) in [5.41, 5.74) is -6.81. The van der Waals surface area contributed by atoms with Crippen molar-refractivity contribution < 1.29 is 91.8 Å². The topological polar surface area (TPSA) is 71.5 Å². The molecular weight excluding hydrogens is 403 g/mol. The zero-order valence-corrected chi connectivity index (χ0v) is 13.4. The Bertz CT molecular complexity index is 603. The van der Waals surface area contributed by atoms with Crippen LogP contribution in [-0.2, 0) is 20.0 Å². The number of alkyl halides is 9. The summed E-state index contributed by atoms with van der Waals surface area (Å²) in [5.74, 6) is -6.86. The molecular formula is C4H2F10NNaO4S2. The molecule has 0 bridgehead atoms.